The van der Waals surface area contributed by atoms with Gasteiger partial charge in [-0.3, -0.25) is 4.79 Å². The van der Waals surface area contributed by atoms with E-state index in [1.54, 1.807) is 13.2 Å². The Morgan fingerprint density at radius 3 is 2.52 bits per heavy atom. The number of benzene rings is 1. The lowest BCUT2D eigenvalue weighted by Gasteiger charge is -2.23. The van der Waals surface area contributed by atoms with E-state index in [9.17, 15) is 9.90 Å². The number of rotatable bonds is 2. The van der Waals surface area contributed by atoms with Crippen molar-refractivity contribution in [2.24, 2.45) is 5.92 Å². The molecule has 0 radical (unpaired) electrons. The van der Waals surface area contributed by atoms with Crippen molar-refractivity contribution in [2.45, 2.75) is 52.1 Å². The van der Waals surface area contributed by atoms with E-state index in [-0.39, 0.29) is 17.6 Å². The van der Waals surface area contributed by atoms with E-state index in [1.807, 2.05) is 26.8 Å². The van der Waals surface area contributed by atoms with Gasteiger partial charge in [0.25, 0.3) is 0 Å². The fraction of sp³-hybridized carbons (Fsp3) is 0.588. The summed E-state index contributed by atoms with van der Waals surface area (Å²) in [6, 6.07) is 3.58. The summed E-state index contributed by atoms with van der Waals surface area (Å²) in [6.07, 6.45) is 3.02. The van der Waals surface area contributed by atoms with E-state index in [2.05, 4.69) is 0 Å². The van der Waals surface area contributed by atoms with E-state index in [0.717, 1.165) is 36.8 Å². The van der Waals surface area contributed by atoms with Gasteiger partial charge in [-0.15, -0.1) is 0 Å². The van der Waals surface area contributed by atoms with Gasteiger partial charge in [-0.05, 0) is 58.1 Å². The standard InChI is InChI=1S/C17H24O4/c1-17(2,3)21-16(19)12-6-5-11-8-10-14(18)15(20-4)13(11)9-7-12/h8,10,12,18H,5-7,9H2,1-4H3. The summed E-state index contributed by atoms with van der Waals surface area (Å²) in [6.45, 7) is 5.66. The van der Waals surface area contributed by atoms with Crippen LogP contribution in [0.15, 0.2) is 12.1 Å². The van der Waals surface area contributed by atoms with E-state index < -0.39 is 5.60 Å². The molecule has 0 fully saturated rings. The number of phenols is 1. The third-order valence-corrected chi connectivity index (χ3v) is 3.79. The number of carbonyl (C=O) groups is 1. The highest BCUT2D eigenvalue weighted by molar-refractivity contribution is 5.73. The average Bonchev–Trinajstić information content (AvgIpc) is 2.59. The number of phenolic OH excluding ortho intramolecular Hbond substituents is 1. The zero-order valence-corrected chi connectivity index (χ0v) is 13.2. The quantitative estimate of drug-likeness (QED) is 0.671. The summed E-state index contributed by atoms with van der Waals surface area (Å²) in [7, 11) is 1.56. The molecule has 0 saturated heterocycles. The van der Waals surface area contributed by atoms with Crippen LogP contribution in [0.25, 0.3) is 0 Å². The number of esters is 1. The number of hydrogen-bond donors (Lipinski definition) is 1. The molecule has 1 unspecified atom stereocenters. The number of hydrogen-bond acceptors (Lipinski definition) is 4. The summed E-state index contributed by atoms with van der Waals surface area (Å²) in [5.41, 5.74) is 1.71. The number of ether oxygens (including phenoxy) is 2. The van der Waals surface area contributed by atoms with Crippen LogP contribution < -0.4 is 4.74 Å². The lowest BCUT2D eigenvalue weighted by molar-refractivity contribution is -0.160. The zero-order chi connectivity index (χ0) is 15.6. The number of aromatic hydroxyl groups is 1. The second kappa shape index (κ2) is 5.96. The van der Waals surface area contributed by atoms with Gasteiger partial charge >= 0.3 is 5.97 Å². The molecule has 0 spiro atoms. The lowest BCUT2D eigenvalue weighted by atomic mass is 9.99. The van der Waals surface area contributed by atoms with Crippen LogP contribution in [0.3, 0.4) is 0 Å². The predicted molar refractivity (Wildman–Crippen MR) is 80.6 cm³/mol. The zero-order valence-electron chi connectivity index (χ0n) is 13.2. The van der Waals surface area contributed by atoms with E-state index >= 15 is 0 Å². The maximum absolute atomic E-state index is 12.2. The van der Waals surface area contributed by atoms with E-state index in [0.29, 0.717) is 5.75 Å². The Morgan fingerprint density at radius 1 is 1.24 bits per heavy atom. The monoisotopic (exact) mass is 292 g/mol. The normalized spacial score (nSPS) is 18.6. The Labute approximate surface area is 126 Å². The highest BCUT2D eigenvalue weighted by Crippen LogP contribution is 2.37. The summed E-state index contributed by atoms with van der Waals surface area (Å²) in [4.78, 5) is 12.2. The molecule has 4 heteroatoms. The first-order chi connectivity index (χ1) is 9.81. The largest absolute Gasteiger partial charge is 0.504 e. The Morgan fingerprint density at radius 2 is 1.90 bits per heavy atom. The maximum atomic E-state index is 12.2. The van der Waals surface area contributed by atoms with Crippen molar-refractivity contribution in [3.8, 4) is 11.5 Å². The fourth-order valence-electron chi connectivity index (χ4n) is 2.81. The summed E-state index contributed by atoms with van der Waals surface area (Å²) >= 11 is 0. The first-order valence-corrected chi connectivity index (χ1v) is 7.42. The van der Waals surface area contributed by atoms with Crippen molar-refractivity contribution in [1.82, 2.24) is 0 Å². The smallest absolute Gasteiger partial charge is 0.309 e. The Hall–Kier alpha value is -1.71. The highest BCUT2D eigenvalue weighted by Gasteiger charge is 2.28. The molecule has 0 aliphatic heterocycles. The lowest BCUT2D eigenvalue weighted by Crippen LogP contribution is -2.29. The second-order valence-electron chi connectivity index (χ2n) is 6.56. The molecular weight excluding hydrogens is 268 g/mol. The molecular formula is C17H24O4. The molecule has 4 nitrogen and oxygen atoms in total. The molecule has 0 heterocycles. The van der Waals surface area contributed by atoms with Gasteiger partial charge in [0.15, 0.2) is 11.5 Å². The summed E-state index contributed by atoms with van der Waals surface area (Å²) in [5.74, 6) is 0.478. The van der Waals surface area contributed by atoms with Gasteiger partial charge in [-0.2, -0.15) is 0 Å². The maximum Gasteiger partial charge on any atom is 0.309 e. The van der Waals surface area contributed by atoms with Gasteiger partial charge in [0.1, 0.15) is 5.60 Å². The van der Waals surface area contributed by atoms with Gasteiger partial charge < -0.3 is 14.6 Å². The molecule has 1 aliphatic carbocycles. The molecule has 0 bridgehead atoms. The summed E-state index contributed by atoms with van der Waals surface area (Å²) < 4.78 is 10.8. The number of aryl methyl sites for hydroxylation is 1. The fourth-order valence-corrected chi connectivity index (χ4v) is 2.81. The first kappa shape index (κ1) is 15.7. The van der Waals surface area contributed by atoms with Gasteiger partial charge in [0.05, 0.1) is 13.0 Å². The van der Waals surface area contributed by atoms with Gasteiger partial charge in [-0.1, -0.05) is 6.07 Å². The van der Waals surface area contributed by atoms with Crippen LogP contribution in [0.5, 0.6) is 11.5 Å². The first-order valence-electron chi connectivity index (χ1n) is 7.42. The van der Waals surface area contributed by atoms with Crippen LogP contribution in [0, 0.1) is 5.92 Å². The molecule has 1 aromatic rings. The Balaban J connectivity index is 2.16. The highest BCUT2D eigenvalue weighted by atomic mass is 16.6. The molecule has 0 amide bonds. The van der Waals surface area contributed by atoms with Crippen LogP contribution in [0.1, 0.15) is 44.7 Å². The minimum Gasteiger partial charge on any atom is -0.504 e. The van der Waals surface area contributed by atoms with Crippen molar-refractivity contribution in [3.63, 3.8) is 0 Å². The number of carbonyl (C=O) groups excluding carboxylic acids is 1. The minimum atomic E-state index is -0.452. The summed E-state index contributed by atoms with van der Waals surface area (Å²) in [5, 5.41) is 9.87. The van der Waals surface area contributed by atoms with Crippen LogP contribution in [0.4, 0.5) is 0 Å². The van der Waals surface area contributed by atoms with Crippen LogP contribution in [-0.4, -0.2) is 23.8 Å². The van der Waals surface area contributed by atoms with E-state index in [1.165, 1.54) is 0 Å². The topological polar surface area (TPSA) is 55.8 Å². The molecule has 116 valence electrons. The van der Waals surface area contributed by atoms with E-state index in [4.69, 9.17) is 9.47 Å². The molecule has 1 aliphatic rings. The number of fused-ring (bicyclic) bond motifs is 1. The molecule has 2 rings (SSSR count). The third-order valence-electron chi connectivity index (χ3n) is 3.79. The second-order valence-corrected chi connectivity index (χ2v) is 6.56. The molecule has 0 saturated carbocycles. The van der Waals surface area contributed by atoms with Gasteiger partial charge in [0, 0.05) is 5.56 Å². The Bertz CT molecular complexity index is 528. The molecule has 1 atom stereocenters. The van der Waals surface area contributed by atoms with Crippen LogP contribution >= 0.6 is 0 Å². The van der Waals surface area contributed by atoms with Gasteiger partial charge in [0.2, 0.25) is 0 Å². The minimum absolute atomic E-state index is 0.0940. The SMILES string of the molecule is COc1c(O)ccc2c1CCC(C(=O)OC(C)(C)C)CC2. The van der Waals surface area contributed by atoms with Crippen molar-refractivity contribution in [3.05, 3.63) is 23.3 Å². The van der Waals surface area contributed by atoms with Crippen molar-refractivity contribution >= 4 is 5.97 Å². The predicted octanol–water partition coefficient (Wildman–Crippen LogP) is 3.24. The molecule has 21 heavy (non-hydrogen) atoms. The van der Waals surface area contributed by atoms with Crippen LogP contribution in [0.2, 0.25) is 0 Å². The molecule has 0 aromatic heterocycles. The number of methoxy groups -OCH3 is 1. The average molecular weight is 292 g/mol. The Kier molecular flexibility index (Phi) is 4.45. The van der Waals surface area contributed by atoms with Crippen molar-refractivity contribution in [1.29, 1.82) is 0 Å². The molecule has 1 N–H and O–H groups in total. The van der Waals surface area contributed by atoms with Crippen molar-refractivity contribution in [2.75, 3.05) is 7.11 Å². The van der Waals surface area contributed by atoms with Gasteiger partial charge in [-0.25, -0.2) is 0 Å². The van der Waals surface area contributed by atoms with Crippen LogP contribution in [-0.2, 0) is 22.4 Å². The van der Waals surface area contributed by atoms with Crippen molar-refractivity contribution < 1.29 is 19.4 Å². The molecule has 1 aromatic carbocycles. The third kappa shape index (κ3) is 3.69.